The predicted molar refractivity (Wildman–Crippen MR) is 41.3 cm³/mol. The Bertz CT molecular complexity index is 285. The third-order valence-corrected chi connectivity index (χ3v) is 3.72. The first-order chi connectivity index (χ1) is 4.99. The van der Waals surface area contributed by atoms with E-state index in [1.165, 1.54) is 0 Å². The van der Waals surface area contributed by atoms with Crippen molar-refractivity contribution in [2.24, 2.45) is 5.92 Å². The molecule has 4 heteroatoms. The summed E-state index contributed by atoms with van der Waals surface area (Å²) >= 11 is 0. The lowest BCUT2D eigenvalue weighted by Gasteiger charge is -2.05. The van der Waals surface area contributed by atoms with Crippen LogP contribution in [0.4, 0.5) is 0 Å². The zero-order valence-corrected chi connectivity index (χ0v) is 7.26. The quantitative estimate of drug-likeness (QED) is 0.393. The standard InChI is InChI=1S/C7H10O3S/c1-4-7-5(2)10-11(8,9)6(7)3/h1,5-7H,2-3H3. The highest BCUT2D eigenvalue weighted by Gasteiger charge is 2.42. The van der Waals surface area contributed by atoms with E-state index in [1.54, 1.807) is 13.8 Å². The predicted octanol–water partition coefficient (Wildman–Crippen LogP) is 0.373. The van der Waals surface area contributed by atoms with Gasteiger partial charge in [-0.15, -0.1) is 6.42 Å². The maximum atomic E-state index is 11.0. The SMILES string of the molecule is C#CC1C(C)OS(=O)(=O)C1C. The van der Waals surface area contributed by atoms with Crippen molar-refractivity contribution in [3.8, 4) is 12.3 Å². The minimum atomic E-state index is -3.38. The molecule has 0 N–H and O–H groups in total. The molecule has 1 fully saturated rings. The zero-order chi connectivity index (χ0) is 8.65. The van der Waals surface area contributed by atoms with E-state index in [9.17, 15) is 8.42 Å². The molecule has 0 aromatic rings. The molecular formula is C7H10O3S. The summed E-state index contributed by atoms with van der Waals surface area (Å²) in [6, 6.07) is 0. The summed E-state index contributed by atoms with van der Waals surface area (Å²) in [7, 11) is -3.38. The third-order valence-electron chi connectivity index (χ3n) is 1.95. The van der Waals surface area contributed by atoms with Gasteiger partial charge in [0.05, 0.1) is 12.0 Å². The molecule has 0 aromatic heterocycles. The van der Waals surface area contributed by atoms with Crippen molar-refractivity contribution in [3.63, 3.8) is 0 Å². The van der Waals surface area contributed by atoms with Gasteiger partial charge in [-0.1, -0.05) is 5.92 Å². The Morgan fingerprint density at radius 2 is 2.00 bits per heavy atom. The van der Waals surface area contributed by atoms with Gasteiger partial charge in [-0.25, -0.2) is 0 Å². The normalized spacial score (nSPS) is 41.7. The average molecular weight is 174 g/mol. The van der Waals surface area contributed by atoms with Crippen LogP contribution in [-0.4, -0.2) is 19.8 Å². The number of hydrogen-bond donors (Lipinski definition) is 0. The van der Waals surface area contributed by atoms with Crippen molar-refractivity contribution in [2.45, 2.75) is 25.2 Å². The average Bonchev–Trinajstić information content (AvgIpc) is 2.04. The summed E-state index contributed by atoms with van der Waals surface area (Å²) in [5.41, 5.74) is 0. The molecule has 0 amide bonds. The topological polar surface area (TPSA) is 43.4 Å². The van der Waals surface area contributed by atoms with Crippen LogP contribution in [-0.2, 0) is 14.3 Å². The molecule has 1 aliphatic rings. The summed E-state index contributed by atoms with van der Waals surface area (Å²) < 4.78 is 26.7. The van der Waals surface area contributed by atoms with Gasteiger partial charge < -0.3 is 0 Å². The van der Waals surface area contributed by atoms with Gasteiger partial charge >= 0.3 is 0 Å². The second-order valence-corrected chi connectivity index (χ2v) is 4.61. The van der Waals surface area contributed by atoms with Crippen molar-refractivity contribution in [1.29, 1.82) is 0 Å². The first-order valence-corrected chi connectivity index (χ1v) is 4.84. The molecule has 3 nitrogen and oxygen atoms in total. The fourth-order valence-corrected chi connectivity index (χ4v) is 2.57. The molecule has 1 aliphatic heterocycles. The second kappa shape index (κ2) is 2.50. The van der Waals surface area contributed by atoms with Crippen LogP contribution >= 0.6 is 0 Å². The van der Waals surface area contributed by atoms with Crippen molar-refractivity contribution in [2.75, 3.05) is 0 Å². The molecule has 0 bridgehead atoms. The zero-order valence-electron chi connectivity index (χ0n) is 6.44. The molecule has 62 valence electrons. The third kappa shape index (κ3) is 1.26. The molecule has 1 heterocycles. The molecule has 0 aromatic carbocycles. The van der Waals surface area contributed by atoms with Gasteiger partial charge in [0.2, 0.25) is 0 Å². The van der Waals surface area contributed by atoms with Crippen LogP contribution in [0.5, 0.6) is 0 Å². The Hall–Kier alpha value is -0.530. The van der Waals surface area contributed by atoms with E-state index in [-0.39, 0.29) is 12.0 Å². The minimum absolute atomic E-state index is 0.306. The summed E-state index contributed by atoms with van der Waals surface area (Å²) in [5.74, 6) is 2.11. The smallest absolute Gasteiger partial charge is 0.265 e. The lowest BCUT2D eigenvalue weighted by molar-refractivity contribution is 0.231. The minimum Gasteiger partial charge on any atom is -0.265 e. The van der Waals surface area contributed by atoms with E-state index >= 15 is 0 Å². The number of terminal acetylenes is 1. The van der Waals surface area contributed by atoms with Gasteiger partial charge in [-0.3, -0.25) is 4.18 Å². The van der Waals surface area contributed by atoms with E-state index in [2.05, 4.69) is 5.92 Å². The Morgan fingerprint density at radius 3 is 2.18 bits per heavy atom. The molecule has 1 rings (SSSR count). The molecule has 11 heavy (non-hydrogen) atoms. The van der Waals surface area contributed by atoms with Gasteiger partial charge in [0.1, 0.15) is 5.25 Å². The maximum absolute atomic E-state index is 11.0. The lowest BCUT2D eigenvalue weighted by atomic mass is 10.0. The van der Waals surface area contributed by atoms with Crippen LogP contribution in [0.25, 0.3) is 0 Å². The fraction of sp³-hybridized carbons (Fsp3) is 0.714. The molecule has 1 saturated heterocycles. The van der Waals surface area contributed by atoms with Crippen molar-refractivity contribution in [3.05, 3.63) is 0 Å². The van der Waals surface area contributed by atoms with Crippen LogP contribution in [0.3, 0.4) is 0 Å². The first-order valence-electron chi connectivity index (χ1n) is 3.37. The summed E-state index contributed by atoms with van der Waals surface area (Å²) in [6.07, 6.45) is 4.77. The van der Waals surface area contributed by atoms with E-state index in [0.717, 1.165) is 0 Å². The summed E-state index contributed by atoms with van der Waals surface area (Å²) in [5, 5.41) is -0.567. The molecule has 0 radical (unpaired) electrons. The fourth-order valence-electron chi connectivity index (χ4n) is 1.19. The van der Waals surface area contributed by atoms with Crippen LogP contribution in [0.15, 0.2) is 0 Å². The molecular weight excluding hydrogens is 164 g/mol. The first kappa shape index (κ1) is 8.57. The van der Waals surface area contributed by atoms with Crippen LogP contribution in [0.1, 0.15) is 13.8 Å². The van der Waals surface area contributed by atoms with E-state index < -0.39 is 15.4 Å². The monoisotopic (exact) mass is 174 g/mol. The summed E-state index contributed by atoms with van der Waals surface area (Å²) in [6.45, 7) is 3.24. The highest BCUT2D eigenvalue weighted by atomic mass is 32.2. The van der Waals surface area contributed by atoms with Crippen molar-refractivity contribution < 1.29 is 12.6 Å². The lowest BCUT2D eigenvalue weighted by Crippen LogP contribution is -2.19. The molecule has 3 atom stereocenters. The molecule has 0 spiro atoms. The molecule has 0 saturated carbocycles. The molecule has 3 unspecified atom stereocenters. The van der Waals surface area contributed by atoms with E-state index in [4.69, 9.17) is 10.6 Å². The van der Waals surface area contributed by atoms with Crippen molar-refractivity contribution in [1.82, 2.24) is 0 Å². The Kier molecular flexibility index (Phi) is 1.95. The Labute approximate surface area is 66.9 Å². The highest BCUT2D eigenvalue weighted by molar-refractivity contribution is 7.87. The maximum Gasteiger partial charge on any atom is 0.271 e. The van der Waals surface area contributed by atoms with Crippen molar-refractivity contribution >= 4 is 10.1 Å². The van der Waals surface area contributed by atoms with Gasteiger partial charge in [0.15, 0.2) is 0 Å². The largest absolute Gasteiger partial charge is 0.271 e. The van der Waals surface area contributed by atoms with E-state index in [1.807, 2.05) is 0 Å². The van der Waals surface area contributed by atoms with Crippen LogP contribution in [0, 0.1) is 18.3 Å². The molecule has 0 aliphatic carbocycles. The van der Waals surface area contributed by atoms with Crippen LogP contribution < -0.4 is 0 Å². The van der Waals surface area contributed by atoms with Gasteiger partial charge in [-0.05, 0) is 13.8 Å². The van der Waals surface area contributed by atoms with Crippen LogP contribution in [0.2, 0.25) is 0 Å². The number of hydrogen-bond acceptors (Lipinski definition) is 3. The Balaban J connectivity index is 3.00. The van der Waals surface area contributed by atoms with E-state index in [0.29, 0.717) is 0 Å². The van der Waals surface area contributed by atoms with Gasteiger partial charge in [0.25, 0.3) is 10.1 Å². The number of rotatable bonds is 0. The highest BCUT2D eigenvalue weighted by Crippen LogP contribution is 2.28. The second-order valence-electron chi connectivity index (χ2n) is 2.69. The van der Waals surface area contributed by atoms with Gasteiger partial charge in [-0.2, -0.15) is 8.42 Å². The Morgan fingerprint density at radius 1 is 1.45 bits per heavy atom. The summed E-state index contributed by atoms with van der Waals surface area (Å²) in [4.78, 5) is 0. The van der Waals surface area contributed by atoms with Gasteiger partial charge in [0, 0.05) is 0 Å².